The third kappa shape index (κ3) is 3.55. The molecule has 0 unspecified atom stereocenters. The van der Waals surface area contributed by atoms with Crippen molar-refractivity contribution >= 4 is 5.69 Å². The summed E-state index contributed by atoms with van der Waals surface area (Å²) < 4.78 is 10.4. The lowest BCUT2D eigenvalue weighted by Crippen LogP contribution is -2.00. The Morgan fingerprint density at radius 3 is 2.05 bits per heavy atom. The number of hydrogen-bond acceptors (Lipinski definition) is 4. The first-order chi connectivity index (χ1) is 9.21. The van der Waals surface area contributed by atoms with Gasteiger partial charge in [0, 0.05) is 30.4 Å². The topological polar surface area (TPSA) is 50.7 Å². The fourth-order valence-electron chi connectivity index (χ4n) is 1.73. The minimum atomic E-state index is 0.270. The van der Waals surface area contributed by atoms with Gasteiger partial charge in [-0.25, -0.2) is 0 Å². The highest BCUT2D eigenvalue weighted by molar-refractivity contribution is 5.54. The number of phenolic OH excluding ortho intramolecular Hbond substituents is 1. The van der Waals surface area contributed by atoms with E-state index in [1.807, 2.05) is 30.3 Å². The van der Waals surface area contributed by atoms with Crippen LogP contribution in [0.3, 0.4) is 0 Å². The van der Waals surface area contributed by atoms with Gasteiger partial charge in [0.15, 0.2) is 0 Å². The molecule has 4 nitrogen and oxygen atoms in total. The van der Waals surface area contributed by atoms with Crippen molar-refractivity contribution in [2.24, 2.45) is 0 Å². The standard InChI is InChI=1S/C15H17NO3/c1-18-14-7-12(8-15(9-14)19-2)16-10-11-3-5-13(17)6-4-11/h3-9,16-17H,10H2,1-2H3. The van der Waals surface area contributed by atoms with Crippen LogP contribution in [0.2, 0.25) is 0 Å². The van der Waals surface area contributed by atoms with E-state index >= 15 is 0 Å². The first-order valence-electron chi connectivity index (χ1n) is 5.96. The Bertz CT molecular complexity index is 515. The SMILES string of the molecule is COc1cc(NCc2ccc(O)cc2)cc(OC)c1. The molecule has 2 N–H and O–H groups in total. The molecule has 19 heavy (non-hydrogen) atoms. The van der Waals surface area contributed by atoms with Gasteiger partial charge in [0.05, 0.1) is 14.2 Å². The summed E-state index contributed by atoms with van der Waals surface area (Å²) in [6.07, 6.45) is 0. The molecule has 100 valence electrons. The molecule has 2 aromatic rings. The van der Waals surface area contributed by atoms with E-state index in [1.165, 1.54) is 0 Å². The third-order valence-corrected chi connectivity index (χ3v) is 2.78. The third-order valence-electron chi connectivity index (χ3n) is 2.78. The zero-order valence-corrected chi connectivity index (χ0v) is 11.0. The quantitative estimate of drug-likeness (QED) is 0.866. The van der Waals surface area contributed by atoms with Gasteiger partial charge < -0.3 is 19.9 Å². The van der Waals surface area contributed by atoms with Gasteiger partial charge in [-0.05, 0) is 17.7 Å². The number of hydrogen-bond donors (Lipinski definition) is 2. The maximum atomic E-state index is 9.23. The lowest BCUT2D eigenvalue weighted by molar-refractivity contribution is 0.394. The van der Waals surface area contributed by atoms with Crippen LogP contribution in [0.1, 0.15) is 5.56 Å². The van der Waals surface area contributed by atoms with Crippen LogP contribution in [-0.2, 0) is 6.54 Å². The lowest BCUT2D eigenvalue weighted by Gasteiger charge is -2.10. The normalized spacial score (nSPS) is 10.0. The summed E-state index contributed by atoms with van der Waals surface area (Å²) in [5.74, 6) is 1.76. The number of ether oxygens (including phenoxy) is 2. The second-order valence-electron chi connectivity index (χ2n) is 4.12. The Kier molecular flexibility index (Phi) is 4.13. The monoisotopic (exact) mass is 259 g/mol. The number of rotatable bonds is 5. The average Bonchev–Trinajstić information content (AvgIpc) is 2.46. The van der Waals surface area contributed by atoms with Gasteiger partial charge in [-0.3, -0.25) is 0 Å². The van der Waals surface area contributed by atoms with Crippen LogP contribution in [0.15, 0.2) is 42.5 Å². The van der Waals surface area contributed by atoms with Crippen LogP contribution < -0.4 is 14.8 Å². The van der Waals surface area contributed by atoms with Gasteiger partial charge in [-0.1, -0.05) is 12.1 Å². The van der Waals surface area contributed by atoms with E-state index in [-0.39, 0.29) is 5.75 Å². The highest BCUT2D eigenvalue weighted by Gasteiger charge is 2.01. The summed E-state index contributed by atoms with van der Waals surface area (Å²) in [6, 6.07) is 12.7. The summed E-state index contributed by atoms with van der Waals surface area (Å²) in [5, 5.41) is 12.5. The van der Waals surface area contributed by atoms with E-state index in [9.17, 15) is 5.11 Å². The van der Waals surface area contributed by atoms with Crippen molar-refractivity contribution in [2.75, 3.05) is 19.5 Å². The Balaban J connectivity index is 2.08. The van der Waals surface area contributed by atoms with E-state index in [0.717, 1.165) is 22.7 Å². The zero-order valence-electron chi connectivity index (χ0n) is 11.0. The molecule has 0 aliphatic heterocycles. The minimum Gasteiger partial charge on any atom is -0.508 e. The summed E-state index contributed by atoms with van der Waals surface area (Å²) >= 11 is 0. The summed E-state index contributed by atoms with van der Waals surface area (Å²) in [5.41, 5.74) is 2.00. The van der Waals surface area contributed by atoms with Crippen LogP contribution in [0, 0.1) is 0 Å². The van der Waals surface area contributed by atoms with Crippen molar-refractivity contribution in [1.29, 1.82) is 0 Å². The molecule has 0 aliphatic rings. The molecule has 0 amide bonds. The van der Waals surface area contributed by atoms with Crippen molar-refractivity contribution in [2.45, 2.75) is 6.54 Å². The Hall–Kier alpha value is -2.36. The molecule has 0 fully saturated rings. The van der Waals surface area contributed by atoms with E-state index in [1.54, 1.807) is 26.4 Å². The van der Waals surface area contributed by atoms with E-state index in [2.05, 4.69) is 5.32 Å². The number of phenols is 1. The van der Waals surface area contributed by atoms with Gasteiger partial charge in [0.25, 0.3) is 0 Å². The molecule has 0 aliphatic carbocycles. The highest BCUT2D eigenvalue weighted by Crippen LogP contribution is 2.26. The molecule has 0 radical (unpaired) electrons. The Morgan fingerprint density at radius 1 is 0.947 bits per heavy atom. The van der Waals surface area contributed by atoms with E-state index < -0.39 is 0 Å². The maximum absolute atomic E-state index is 9.23. The van der Waals surface area contributed by atoms with Crippen molar-refractivity contribution in [1.82, 2.24) is 0 Å². The van der Waals surface area contributed by atoms with Crippen LogP contribution in [0.25, 0.3) is 0 Å². The molecule has 2 rings (SSSR count). The van der Waals surface area contributed by atoms with Crippen molar-refractivity contribution in [3.63, 3.8) is 0 Å². The van der Waals surface area contributed by atoms with Crippen molar-refractivity contribution < 1.29 is 14.6 Å². The number of aromatic hydroxyl groups is 1. The number of methoxy groups -OCH3 is 2. The van der Waals surface area contributed by atoms with Gasteiger partial charge in [0.2, 0.25) is 0 Å². The summed E-state index contributed by atoms with van der Waals surface area (Å²) in [6.45, 7) is 0.663. The molecule has 0 bridgehead atoms. The van der Waals surface area contributed by atoms with Gasteiger partial charge in [-0.2, -0.15) is 0 Å². The summed E-state index contributed by atoms with van der Waals surface area (Å²) in [4.78, 5) is 0. The second kappa shape index (κ2) is 6.00. The maximum Gasteiger partial charge on any atom is 0.124 e. The highest BCUT2D eigenvalue weighted by atomic mass is 16.5. The van der Waals surface area contributed by atoms with Crippen LogP contribution in [-0.4, -0.2) is 19.3 Å². The van der Waals surface area contributed by atoms with Crippen LogP contribution >= 0.6 is 0 Å². The molecule has 2 aromatic carbocycles. The first kappa shape index (κ1) is 13.1. The Labute approximate surface area is 112 Å². The number of nitrogens with one attached hydrogen (secondary N) is 1. The lowest BCUT2D eigenvalue weighted by atomic mass is 10.2. The fourth-order valence-corrected chi connectivity index (χ4v) is 1.73. The molecular weight excluding hydrogens is 242 g/mol. The molecule has 0 spiro atoms. The summed E-state index contributed by atoms with van der Waals surface area (Å²) in [7, 11) is 3.25. The molecule has 4 heteroatoms. The Morgan fingerprint density at radius 2 is 1.53 bits per heavy atom. The number of anilines is 1. The first-order valence-corrected chi connectivity index (χ1v) is 5.96. The molecule has 0 atom stereocenters. The van der Waals surface area contributed by atoms with Crippen LogP contribution in [0.5, 0.6) is 17.2 Å². The largest absolute Gasteiger partial charge is 0.508 e. The molecule has 0 aromatic heterocycles. The molecule has 0 saturated heterocycles. The predicted molar refractivity (Wildman–Crippen MR) is 75.0 cm³/mol. The fraction of sp³-hybridized carbons (Fsp3) is 0.200. The van der Waals surface area contributed by atoms with Crippen molar-refractivity contribution in [3.05, 3.63) is 48.0 Å². The van der Waals surface area contributed by atoms with E-state index in [0.29, 0.717) is 6.54 Å². The molecule has 0 saturated carbocycles. The van der Waals surface area contributed by atoms with E-state index in [4.69, 9.17) is 9.47 Å². The smallest absolute Gasteiger partial charge is 0.124 e. The predicted octanol–water partition coefficient (Wildman–Crippen LogP) is 3.02. The van der Waals surface area contributed by atoms with Crippen molar-refractivity contribution in [3.8, 4) is 17.2 Å². The van der Waals surface area contributed by atoms with Gasteiger partial charge in [0.1, 0.15) is 17.2 Å². The minimum absolute atomic E-state index is 0.270. The average molecular weight is 259 g/mol. The number of benzene rings is 2. The second-order valence-corrected chi connectivity index (χ2v) is 4.12. The molecule has 0 heterocycles. The van der Waals surface area contributed by atoms with Crippen LogP contribution in [0.4, 0.5) is 5.69 Å². The molecular formula is C15H17NO3. The van der Waals surface area contributed by atoms with Gasteiger partial charge in [-0.15, -0.1) is 0 Å². The van der Waals surface area contributed by atoms with Gasteiger partial charge >= 0.3 is 0 Å². The zero-order chi connectivity index (χ0) is 13.7.